The smallest absolute Gasteiger partial charge is 0.394 e. The molecule has 0 saturated carbocycles. The van der Waals surface area contributed by atoms with Gasteiger partial charge in [0.25, 0.3) is 0 Å². The molecule has 1 amide bonds. The minimum atomic E-state index is -1.43. The van der Waals surface area contributed by atoms with E-state index in [9.17, 15) is 9.59 Å². The van der Waals surface area contributed by atoms with Crippen molar-refractivity contribution in [3.8, 4) is 11.5 Å². The number of nitrogens with zero attached hydrogens (tertiary/aromatic N) is 2. The minimum Gasteiger partial charge on any atom is -0.497 e. The molecule has 1 fully saturated rings. The molecule has 1 atom stereocenters. The summed E-state index contributed by atoms with van der Waals surface area (Å²) in [7, 11) is 4.70. The van der Waals surface area contributed by atoms with Crippen LogP contribution in [0.15, 0.2) is 18.2 Å². The summed E-state index contributed by atoms with van der Waals surface area (Å²) in [6.07, 6.45) is 0.717. The van der Waals surface area contributed by atoms with Crippen LogP contribution >= 0.6 is 0 Å². The Morgan fingerprint density at radius 3 is 2.32 bits per heavy atom. The standard InChI is InChI=1S/C15H20N2O5/c1-16(14(18)15(19)20)10-4-5-17(9-10)11-6-12(21-2)8-13(7-11)22-3/h6-8,10H,4-5,9H2,1-3H3,(H,19,20). The zero-order valence-electron chi connectivity index (χ0n) is 12.9. The number of hydrogen-bond acceptors (Lipinski definition) is 5. The van der Waals surface area contributed by atoms with E-state index in [0.717, 1.165) is 18.7 Å². The number of likely N-dealkylation sites (N-methyl/N-ethyl adjacent to an activating group) is 1. The normalized spacial score (nSPS) is 17.2. The molecule has 1 N–H and O–H groups in total. The van der Waals surface area contributed by atoms with Crippen LogP contribution < -0.4 is 14.4 Å². The van der Waals surface area contributed by atoms with Crippen LogP contribution in [0.2, 0.25) is 0 Å². The van der Waals surface area contributed by atoms with Crippen molar-refractivity contribution in [2.45, 2.75) is 12.5 Å². The third-order valence-corrected chi connectivity index (χ3v) is 3.92. The second-order valence-electron chi connectivity index (χ2n) is 5.18. The van der Waals surface area contributed by atoms with E-state index in [4.69, 9.17) is 14.6 Å². The topological polar surface area (TPSA) is 79.3 Å². The maximum Gasteiger partial charge on any atom is 0.394 e. The summed E-state index contributed by atoms with van der Waals surface area (Å²) in [4.78, 5) is 25.7. The zero-order chi connectivity index (χ0) is 16.3. The van der Waals surface area contributed by atoms with Gasteiger partial charge in [-0.1, -0.05) is 0 Å². The molecule has 120 valence electrons. The molecule has 2 rings (SSSR count). The summed E-state index contributed by atoms with van der Waals surface area (Å²) in [5.74, 6) is -0.931. The zero-order valence-corrected chi connectivity index (χ0v) is 12.9. The lowest BCUT2D eigenvalue weighted by Crippen LogP contribution is -2.42. The number of aliphatic carboxylic acids is 1. The van der Waals surface area contributed by atoms with Crippen LogP contribution in [0, 0.1) is 0 Å². The Labute approximate surface area is 129 Å². The van der Waals surface area contributed by atoms with Crippen molar-refractivity contribution < 1.29 is 24.2 Å². The molecule has 0 bridgehead atoms. The first-order valence-electron chi connectivity index (χ1n) is 6.94. The van der Waals surface area contributed by atoms with E-state index in [1.54, 1.807) is 20.3 Å². The summed E-state index contributed by atoms with van der Waals surface area (Å²) in [5.41, 5.74) is 0.926. The second-order valence-corrected chi connectivity index (χ2v) is 5.18. The second kappa shape index (κ2) is 6.55. The van der Waals surface area contributed by atoms with Gasteiger partial charge in [-0.25, -0.2) is 4.79 Å². The average Bonchev–Trinajstić information content (AvgIpc) is 3.02. The molecule has 7 nitrogen and oxygen atoms in total. The highest BCUT2D eigenvalue weighted by atomic mass is 16.5. The number of rotatable bonds is 4. The lowest BCUT2D eigenvalue weighted by Gasteiger charge is -2.24. The first kappa shape index (κ1) is 15.9. The largest absolute Gasteiger partial charge is 0.497 e. The van der Waals surface area contributed by atoms with Crippen LogP contribution in [-0.4, -0.2) is 62.3 Å². The molecule has 1 heterocycles. The third-order valence-electron chi connectivity index (χ3n) is 3.92. The Hall–Kier alpha value is -2.44. The van der Waals surface area contributed by atoms with Gasteiger partial charge in [-0.05, 0) is 6.42 Å². The highest BCUT2D eigenvalue weighted by molar-refractivity contribution is 6.31. The number of anilines is 1. The minimum absolute atomic E-state index is 0.124. The predicted octanol–water partition coefficient (Wildman–Crippen LogP) is 0.825. The number of ether oxygens (including phenoxy) is 2. The quantitative estimate of drug-likeness (QED) is 0.830. The van der Waals surface area contributed by atoms with E-state index in [2.05, 4.69) is 4.90 Å². The molecule has 1 aliphatic rings. The van der Waals surface area contributed by atoms with Crippen LogP contribution in [0.1, 0.15) is 6.42 Å². The Kier molecular flexibility index (Phi) is 4.75. The summed E-state index contributed by atoms with van der Waals surface area (Å²) in [6.45, 7) is 1.31. The first-order chi connectivity index (χ1) is 10.5. The van der Waals surface area contributed by atoms with E-state index in [1.165, 1.54) is 11.9 Å². The van der Waals surface area contributed by atoms with Gasteiger partial charge in [0.2, 0.25) is 0 Å². The van der Waals surface area contributed by atoms with Crippen molar-refractivity contribution in [1.29, 1.82) is 0 Å². The first-order valence-corrected chi connectivity index (χ1v) is 6.94. The van der Waals surface area contributed by atoms with Gasteiger partial charge in [-0.2, -0.15) is 0 Å². The molecule has 1 aromatic rings. The molecular weight excluding hydrogens is 288 g/mol. The van der Waals surface area contributed by atoms with Gasteiger partial charge < -0.3 is 24.4 Å². The highest BCUT2D eigenvalue weighted by Crippen LogP contribution is 2.31. The van der Waals surface area contributed by atoms with Crippen LogP contribution in [0.25, 0.3) is 0 Å². The van der Waals surface area contributed by atoms with Crippen LogP contribution in [0.3, 0.4) is 0 Å². The number of carboxylic acid groups (broad SMARTS) is 1. The van der Waals surface area contributed by atoms with E-state index in [0.29, 0.717) is 18.0 Å². The molecule has 0 spiro atoms. The molecule has 1 aliphatic heterocycles. The number of hydrogen-bond donors (Lipinski definition) is 1. The molecule has 1 aromatic carbocycles. The monoisotopic (exact) mass is 308 g/mol. The predicted molar refractivity (Wildman–Crippen MR) is 80.6 cm³/mol. The van der Waals surface area contributed by atoms with Crippen LogP contribution in [0.4, 0.5) is 5.69 Å². The lowest BCUT2D eigenvalue weighted by atomic mass is 10.2. The third kappa shape index (κ3) is 3.24. The van der Waals surface area contributed by atoms with Crippen LogP contribution in [-0.2, 0) is 9.59 Å². The van der Waals surface area contributed by atoms with Gasteiger partial charge in [0.1, 0.15) is 11.5 Å². The van der Waals surface area contributed by atoms with E-state index in [1.807, 2.05) is 12.1 Å². The molecule has 22 heavy (non-hydrogen) atoms. The number of carbonyl (C=O) groups excluding carboxylic acids is 1. The molecule has 1 unspecified atom stereocenters. The Bertz CT molecular complexity index is 553. The van der Waals surface area contributed by atoms with Crippen molar-refractivity contribution in [2.75, 3.05) is 39.3 Å². The number of benzene rings is 1. The lowest BCUT2D eigenvalue weighted by molar-refractivity contribution is -0.156. The summed E-state index contributed by atoms with van der Waals surface area (Å²) in [5, 5.41) is 8.79. The average molecular weight is 308 g/mol. The van der Waals surface area contributed by atoms with Crippen LogP contribution in [0.5, 0.6) is 11.5 Å². The Morgan fingerprint density at radius 1 is 1.23 bits per heavy atom. The summed E-state index contributed by atoms with van der Waals surface area (Å²) >= 11 is 0. The molecule has 0 aliphatic carbocycles. The fourth-order valence-corrected chi connectivity index (χ4v) is 2.58. The maximum atomic E-state index is 11.5. The fourth-order valence-electron chi connectivity index (χ4n) is 2.58. The molecule has 1 saturated heterocycles. The van der Waals surface area contributed by atoms with Crippen molar-refractivity contribution in [3.05, 3.63) is 18.2 Å². The Balaban J connectivity index is 2.13. The number of methoxy groups -OCH3 is 2. The molecule has 0 radical (unpaired) electrons. The van der Waals surface area contributed by atoms with Crippen molar-refractivity contribution >= 4 is 17.6 Å². The number of carbonyl (C=O) groups is 2. The van der Waals surface area contributed by atoms with E-state index >= 15 is 0 Å². The van der Waals surface area contributed by atoms with Gasteiger partial charge in [0.05, 0.1) is 20.3 Å². The Morgan fingerprint density at radius 2 is 1.82 bits per heavy atom. The SMILES string of the molecule is COc1cc(OC)cc(N2CCC(N(C)C(=O)C(=O)O)C2)c1. The number of amides is 1. The molecule has 0 aromatic heterocycles. The fraction of sp³-hybridized carbons (Fsp3) is 0.467. The van der Waals surface area contributed by atoms with Crippen molar-refractivity contribution in [3.63, 3.8) is 0 Å². The molecule has 7 heteroatoms. The van der Waals surface area contributed by atoms with Gasteiger partial charge in [-0.15, -0.1) is 0 Å². The highest BCUT2D eigenvalue weighted by Gasteiger charge is 2.31. The molecular formula is C15H20N2O5. The van der Waals surface area contributed by atoms with Crippen molar-refractivity contribution in [1.82, 2.24) is 4.90 Å². The summed E-state index contributed by atoms with van der Waals surface area (Å²) in [6, 6.07) is 5.45. The van der Waals surface area contributed by atoms with Gasteiger partial charge >= 0.3 is 11.9 Å². The van der Waals surface area contributed by atoms with Gasteiger partial charge in [0.15, 0.2) is 0 Å². The summed E-state index contributed by atoms with van der Waals surface area (Å²) < 4.78 is 10.5. The van der Waals surface area contributed by atoms with Crippen molar-refractivity contribution in [2.24, 2.45) is 0 Å². The van der Waals surface area contributed by atoms with E-state index in [-0.39, 0.29) is 6.04 Å². The van der Waals surface area contributed by atoms with E-state index < -0.39 is 11.9 Å². The maximum absolute atomic E-state index is 11.5. The van der Waals surface area contributed by atoms with Gasteiger partial charge in [0, 0.05) is 44.0 Å². The number of carboxylic acids is 1. The van der Waals surface area contributed by atoms with Gasteiger partial charge in [-0.3, -0.25) is 4.79 Å².